The molecule has 20 heavy (non-hydrogen) atoms. The first-order valence-corrected chi connectivity index (χ1v) is 7.75. The van der Waals surface area contributed by atoms with Gasteiger partial charge in [0.15, 0.2) is 0 Å². The van der Waals surface area contributed by atoms with Gasteiger partial charge >= 0.3 is 0 Å². The number of nitrogens with zero attached hydrogens (tertiary/aromatic N) is 1. The Morgan fingerprint density at radius 3 is 2.80 bits per heavy atom. The van der Waals surface area contributed by atoms with Gasteiger partial charge in [0, 0.05) is 11.9 Å². The Bertz CT molecular complexity index is 617. The molecular formula is C16H15BrFNO. The standard InChI is InChI=1S/C16H15BrFNO/c17-11-12-6-7-14(13(18)10-12)19-8-3-9-20-16-5-2-1-4-15(16)19/h1-2,4-7,10H,3,8-9,11H2. The maximum atomic E-state index is 14.3. The summed E-state index contributed by atoms with van der Waals surface area (Å²) in [4.78, 5) is 2.00. The van der Waals surface area contributed by atoms with Crippen LogP contribution in [-0.2, 0) is 5.33 Å². The van der Waals surface area contributed by atoms with Gasteiger partial charge in [0.2, 0.25) is 0 Å². The van der Waals surface area contributed by atoms with E-state index in [1.165, 1.54) is 0 Å². The second-order valence-electron chi connectivity index (χ2n) is 4.74. The molecule has 0 aromatic heterocycles. The van der Waals surface area contributed by atoms with Gasteiger partial charge in [0.05, 0.1) is 18.0 Å². The van der Waals surface area contributed by atoms with Crippen molar-refractivity contribution >= 4 is 27.3 Å². The molecule has 1 heterocycles. The smallest absolute Gasteiger partial charge is 0.147 e. The summed E-state index contributed by atoms with van der Waals surface area (Å²) in [5.74, 6) is 0.618. The topological polar surface area (TPSA) is 12.5 Å². The second-order valence-corrected chi connectivity index (χ2v) is 5.30. The van der Waals surface area contributed by atoms with E-state index in [0.717, 1.165) is 30.0 Å². The van der Waals surface area contributed by atoms with Gasteiger partial charge in [0.1, 0.15) is 11.6 Å². The summed E-state index contributed by atoms with van der Waals surface area (Å²) >= 11 is 3.35. The van der Waals surface area contributed by atoms with Crippen molar-refractivity contribution in [1.29, 1.82) is 0 Å². The van der Waals surface area contributed by atoms with Gasteiger partial charge in [-0.15, -0.1) is 0 Å². The highest BCUT2D eigenvalue weighted by molar-refractivity contribution is 9.08. The number of anilines is 2. The molecule has 0 fully saturated rings. The van der Waals surface area contributed by atoms with E-state index >= 15 is 0 Å². The van der Waals surface area contributed by atoms with Gasteiger partial charge in [-0.3, -0.25) is 0 Å². The van der Waals surface area contributed by atoms with Gasteiger partial charge in [-0.05, 0) is 36.2 Å². The number of alkyl halides is 1. The Hall–Kier alpha value is -1.55. The predicted octanol–water partition coefficient (Wildman–Crippen LogP) is 4.64. The lowest BCUT2D eigenvalue weighted by Crippen LogP contribution is -2.18. The number of para-hydroxylation sites is 2. The van der Waals surface area contributed by atoms with Gasteiger partial charge in [-0.1, -0.05) is 34.1 Å². The highest BCUT2D eigenvalue weighted by Crippen LogP contribution is 2.37. The molecule has 1 aliphatic rings. The van der Waals surface area contributed by atoms with Crippen molar-refractivity contribution in [3.05, 3.63) is 53.8 Å². The SMILES string of the molecule is Fc1cc(CBr)ccc1N1CCCOc2ccccc21. The van der Waals surface area contributed by atoms with E-state index in [1.54, 1.807) is 6.07 Å². The average molecular weight is 336 g/mol. The van der Waals surface area contributed by atoms with Crippen molar-refractivity contribution in [3.8, 4) is 5.75 Å². The van der Waals surface area contributed by atoms with E-state index in [2.05, 4.69) is 15.9 Å². The number of ether oxygens (including phenoxy) is 1. The van der Waals surface area contributed by atoms with Crippen molar-refractivity contribution in [2.24, 2.45) is 0 Å². The Balaban J connectivity index is 2.05. The first-order chi connectivity index (χ1) is 9.79. The Kier molecular flexibility index (Phi) is 3.92. The van der Waals surface area contributed by atoms with E-state index in [9.17, 15) is 4.39 Å². The molecule has 1 aliphatic heterocycles. The molecule has 0 bridgehead atoms. The molecule has 3 rings (SSSR count). The van der Waals surface area contributed by atoms with E-state index in [1.807, 2.05) is 41.3 Å². The molecule has 0 saturated carbocycles. The Morgan fingerprint density at radius 1 is 1.15 bits per heavy atom. The zero-order chi connectivity index (χ0) is 13.9. The fraction of sp³-hybridized carbons (Fsp3) is 0.250. The lowest BCUT2D eigenvalue weighted by Gasteiger charge is -2.24. The summed E-state index contributed by atoms with van der Waals surface area (Å²) < 4.78 is 20.1. The molecule has 0 radical (unpaired) electrons. The third-order valence-corrected chi connectivity index (χ3v) is 4.04. The summed E-state index contributed by atoms with van der Waals surface area (Å²) in [7, 11) is 0. The Morgan fingerprint density at radius 2 is 2.00 bits per heavy atom. The maximum Gasteiger partial charge on any atom is 0.147 e. The monoisotopic (exact) mass is 335 g/mol. The lowest BCUT2D eigenvalue weighted by molar-refractivity contribution is 0.322. The molecule has 0 spiro atoms. The van der Waals surface area contributed by atoms with Crippen LogP contribution in [0.3, 0.4) is 0 Å². The molecule has 0 N–H and O–H groups in total. The summed E-state index contributed by atoms with van der Waals surface area (Å²) in [6, 6.07) is 13.2. The zero-order valence-electron chi connectivity index (χ0n) is 11.0. The first-order valence-electron chi connectivity index (χ1n) is 6.63. The van der Waals surface area contributed by atoms with E-state index in [-0.39, 0.29) is 5.82 Å². The molecule has 0 atom stereocenters. The average Bonchev–Trinajstić information content (AvgIpc) is 2.69. The largest absolute Gasteiger partial charge is 0.491 e. The number of fused-ring (bicyclic) bond motifs is 1. The van der Waals surface area contributed by atoms with Crippen LogP contribution in [0.1, 0.15) is 12.0 Å². The van der Waals surface area contributed by atoms with Crippen molar-refractivity contribution in [1.82, 2.24) is 0 Å². The molecule has 0 aliphatic carbocycles. The number of hydrogen-bond acceptors (Lipinski definition) is 2. The van der Waals surface area contributed by atoms with Gasteiger partial charge in [-0.2, -0.15) is 0 Å². The molecule has 104 valence electrons. The predicted molar refractivity (Wildman–Crippen MR) is 82.6 cm³/mol. The highest BCUT2D eigenvalue weighted by atomic mass is 79.9. The van der Waals surface area contributed by atoms with Crippen molar-refractivity contribution < 1.29 is 9.13 Å². The molecule has 0 unspecified atom stereocenters. The molecule has 0 amide bonds. The summed E-state index contributed by atoms with van der Waals surface area (Å²) in [5, 5.41) is 0.657. The van der Waals surface area contributed by atoms with Crippen molar-refractivity contribution in [2.45, 2.75) is 11.8 Å². The van der Waals surface area contributed by atoms with Crippen LogP contribution in [0.4, 0.5) is 15.8 Å². The fourth-order valence-corrected chi connectivity index (χ4v) is 2.78. The van der Waals surface area contributed by atoms with Crippen LogP contribution in [0, 0.1) is 5.82 Å². The number of halogens is 2. The van der Waals surface area contributed by atoms with Crippen LogP contribution < -0.4 is 9.64 Å². The Labute approximate surface area is 126 Å². The molecule has 2 aromatic carbocycles. The van der Waals surface area contributed by atoms with Crippen LogP contribution in [0.2, 0.25) is 0 Å². The number of hydrogen-bond donors (Lipinski definition) is 0. The highest BCUT2D eigenvalue weighted by Gasteiger charge is 2.20. The van der Waals surface area contributed by atoms with Crippen LogP contribution >= 0.6 is 15.9 Å². The van der Waals surface area contributed by atoms with Crippen molar-refractivity contribution in [3.63, 3.8) is 0 Å². The number of benzene rings is 2. The summed E-state index contributed by atoms with van der Waals surface area (Å²) in [6.45, 7) is 1.41. The van der Waals surface area contributed by atoms with Crippen LogP contribution in [0.15, 0.2) is 42.5 Å². The maximum absolute atomic E-state index is 14.3. The fourth-order valence-electron chi connectivity index (χ4n) is 2.43. The zero-order valence-corrected chi connectivity index (χ0v) is 12.6. The molecule has 4 heteroatoms. The van der Waals surface area contributed by atoms with Crippen LogP contribution in [-0.4, -0.2) is 13.2 Å². The molecule has 2 aromatic rings. The summed E-state index contributed by atoms with van der Waals surface area (Å²) in [5.41, 5.74) is 2.47. The quantitative estimate of drug-likeness (QED) is 0.741. The van der Waals surface area contributed by atoms with Crippen LogP contribution in [0.5, 0.6) is 5.75 Å². The van der Waals surface area contributed by atoms with E-state index in [4.69, 9.17) is 4.74 Å². The minimum Gasteiger partial charge on any atom is -0.491 e. The minimum atomic E-state index is -0.196. The number of rotatable bonds is 2. The first kappa shape index (κ1) is 13.4. The third kappa shape index (κ3) is 2.52. The normalized spacial score (nSPS) is 14.4. The third-order valence-electron chi connectivity index (χ3n) is 3.40. The van der Waals surface area contributed by atoms with E-state index < -0.39 is 0 Å². The van der Waals surface area contributed by atoms with Crippen molar-refractivity contribution in [2.75, 3.05) is 18.1 Å². The lowest BCUT2D eigenvalue weighted by atomic mass is 10.1. The van der Waals surface area contributed by atoms with Gasteiger partial charge < -0.3 is 9.64 Å². The van der Waals surface area contributed by atoms with Gasteiger partial charge in [0.25, 0.3) is 0 Å². The second kappa shape index (κ2) is 5.83. The van der Waals surface area contributed by atoms with E-state index in [0.29, 0.717) is 17.6 Å². The molecule has 2 nitrogen and oxygen atoms in total. The van der Waals surface area contributed by atoms with Crippen LogP contribution in [0.25, 0.3) is 0 Å². The molecule has 0 saturated heterocycles. The molecular weight excluding hydrogens is 321 g/mol. The summed E-state index contributed by atoms with van der Waals surface area (Å²) in [6.07, 6.45) is 0.869. The van der Waals surface area contributed by atoms with Gasteiger partial charge in [-0.25, -0.2) is 4.39 Å². The minimum absolute atomic E-state index is 0.196.